The number of ether oxygens (including phenoxy) is 2. The molecule has 34 heavy (non-hydrogen) atoms. The number of fused-ring (bicyclic) bond motifs is 1. The number of aromatic nitrogens is 2. The molecule has 0 N–H and O–H groups in total. The summed E-state index contributed by atoms with van der Waals surface area (Å²) in [5.74, 6) is 1.21. The van der Waals surface area contributed by atoms with Crippen molar-refractivity contribution in [1.82, 2.24) is 19.6 Å². The van der Waals surface area contributed by atoms with E-state index in [4.69, 9.17) is 9.47 Å². The molecule has 1 amide bonds. The van der Waals surface area contributed by atoms with Gasteiger partial charge in [0.2, 0.25) is 12.7 Å². The van der Waals surface area contributed by atoms with Gasteiger partial charge in [-0.1, -0.05) is 30.3 Å². The molecule has 1 aromatic heterocycles. The molecule has 0 radical (unpaired) electrons. The third-order valence-electron chi connectivity index (χ3n) is 6.43. The van der Waals surface area contributed by atoms with E-state index in [-0.39, 0.29) is 18.3 Å². The number of rotatable bonds is 5. The van der Waals surface area contributed by atoms with Crippen molar-refractivity contribution >= 4 is 5.91 Å². The molecule has 0 unspecified atom stereocenters. The molecule has 2 aromatic carbocycles. The molecule has 2 aliphatic rings. The van der Waals surface area contributed by atoms with Gasteiger partial charge in [-0.05, 0) is 43.7 Å². The van der Waals surface area contributed by atoms with E-state index in [2.05, 4.69) is 22.1 Å². The highest BCUT2D eigenvalue weighted by Crippen LogP contribution is 2.35. The highest BCUT2D eigenvalue weighted by Gasteiger charge is 2.37. The van der Waals surface area contributed by atoms with Crippen molar-refractivity contribution < 1.29 is 14.3 Å². The van der Waals surface area contributed by atoms with Gasteiger partial charge < -0.3 is 14.4 Å². The quantitative estimate of drug-likeness (QED) is 0.583. The molecule has 0 spiro atoms. The van der Waals surface area contributed by atoms with Crippen molar-refractivity contribution in [3.05, 3.63) is 76.6 Å². The van der Waals surface area contributed by atoms with Crippen molar-refractivity contribution in [1.29, 1.82) is 0 Å². The summed E-state index contributed by atoms with van der Waals surface area (Å²) >= 11 is 0. The van der Waals surface area contributed by atoms with Gasteiger partial charge in [-0.3, -0.25) is 14.5 Å². The Bertz CT molecular complexity index is 1250. The van der Waals surface area contributed by atoms with E-state index in [1.165, 1.54) is 16.3 Å². The molecule has 3 aromatic rings. The summed E-state index contributed by atoms with van der Waals surface area (Å²) in [6.07, 6.45) is 0. The summed E-state index contributed by atoms with van der Waals surface area (Å²) in [5.41, 5.74) is 1.21. The predicted octanol–water partition coefficient (Wildman–Crippen LogP) is 2.72. The third kappa shape index (κ3) is 4.28. The minimum absolute atomic E-state index is 0.107. The predicted molar refractivity (Wildman–Crippen MR) is 128 cm³/mol. The highest BCUT2D eigenvalue weighted by atomic mass is 16.7. The molecule has 5 rings (SSSR count). The average molecular weight is 461 g/mol. The fourth-order valence-corrected chi connectivity index (χ4v) is 4.45. The number of carbonyl (C=O) groups excluding carboxylic acids is 1. The van der Waals surface area contributed by atoms with Crippen LogP contribution in [-0.4, -0.2) is 58.5 Å². The zero-order chi connectivity index (χ0) is 23.7. The average Bonchev–Trinajstić information content (AvgIpc) is 3.33. The molecule has 0 bridgehead atoms. The number of piperazine rings is 1. The van der Waals surface area contributed by atoms with Crippen LogP contribution in [0, 0.1) is 0 Å². The Morgan fingerprint density at radius 1 is 0.941 bits per heavy atom. The fraction of sp³-hybridized carbons (Fsp3) is 0.346. The number of hydrogen-bond acceptors (Lipinski definition) is 6. The molecule has 2 aliphatic heterocycles. The molecule has 1 fully saturated rings. The minimum Gasteiger partial charge on any atom is -0.454 e. The van der Waals surface area contributed by atoms with Crippen molar-refractivity contribution in [3.63, 3.8) is 0 Å². The van der Waals surface area contributed by atoms with Crippen LogP contribution < -0.4 is 15.0 Å². The minimum atomic E-state index is -1.12. The number of nitrogens with zero attached hydrogens (tertiary/aromatic N) is 4. The van der Waals surface area contributed by atoms with Gasteiger partial charge in [0, 0.05) is 44.4 Å². The number of hydrogen-bond donors (Lipinski definition) is 0. The molecule has 0 saturated carbocycles. The first-order valence-electron chi connectivity index (χ1n) is 11.5. The normalized spacial score (nSPS) is 16.0. The zero-order valence-corrected chi connectivity index (χ0v) is 19.4. The van der Waals surface area contributed by atoms with Crippen LogP contribution in [0.1, 0.15) is 19.4 Å². The number of benzene rings is 2. The van der Waals surface area contributed by atoms with Crippen LogP contribution >= 0.6 is 0 Å². The van der Waals surface area contributed by atoms with E-state index in [9.17, 15) is 9.59 Å². The molecule has 8 heteroatoms. The monoisotopic (exact) mass is 460 g/mol. The maximum atomic E-state index is 13.5. The Labute approximate surface area is 198 Å². The van der Waals surface area contributed by atoms with E-state index < -0.39 is 5.54 Å². The fourth-order valence-electron chi connectivity index (χ4n) is 4.45. The van der Waals surface area contributed by atoms with Crippen LogP contribution in [0.5, 0.6) is 11.5 Å². The number of carbonyl (C=O) groups is 1. The second-order valence-electron chi connectivity index (χ2n) is 9.15. The maximum absolute atomic E-state index is 13.5. The summed E-state index contributed by atoms with van der Waals surface area (Å²) in [6, 6.07) is 19.0. The molecular weight excluding hydrogens is 432 g/mol. The molecular formula is C26H28N4O4. The van der Waals surface area contributed by atoms with E-state index >= 15 is 0 Å². The Morgan fingerprint density at radius 2 is 1.68 bits per heavy atom. The molecule has 8 nitrogen and oxygen atoms in total. The van der Waals surface area contributed by atoms with Crippen molar-refractivity contribution in [2.45, 2.75) is 25.9 Å². The van der Waals surface area contributed by atoms with Crippen LogP contribution in [0.4, 0.5) is 0 Å². The standard InChI is InChI=1S/C26H28N4O4/c1-26(2,25(32)29-14-12-28(13-15-29)17-19-6-4-3-5-7-19)30-24(31)11-9-21(27-30)20-8-10-22-23(16-20)34-18-33-22/h3-11,16H,12-15,17-18H2,1-2H3. The summed E-state index contributed by atoms with van der Waals surface area (Å²) in [7, 11) is 0. The lowest BCUT2D eigenvalue weighted by atomic mass is 10.0. The largest absolute Gasteiger partial charge is 0.454 e. The second-order valence-corrected chi connectivity index (χ2v) is 9.15. The summed E-state index contributed by atoms with van der Waals surface area (Å²) in [5, 5.41) is 4.58. The Balaban J connectivity index is 1.32. The zero-order valence-electron chi connectivity index (χ0n) is 19.4. The molecule has 3 heterocycles. The van der Waals surface area contributed by atoms with E-state index in [0.717, 1.165) is 25.2 Å². The topological polar surface area (TPSA) is 76.9 Å². The summed E-state index contributed by atoms with van der Waals surface area (Å²) < 4.78 is 12.1. The van der Waals surface area contributed by atoms with Gasteiger partial charge in [-0.15, -0.1) is 0 Å². The van der Waals surface area contributed by atoms with Crippen LogP contribution in [-0.2, 0) is 16.9 Å². The second kappa shape index (κ2) is 8.95. The lowest BCUT2D eigenvalue weighted by Crippen LogP contribution is -2.56. The Kier molecular flexibility index (Phi) is 5.83. The van der Waals surface area contributed by atoms with E-state index in [0.29, 0.717) is 30.3 Å². The first kappa shape index (κ1) is 22.2. The van der Waals surface area contributed by atoms with Gasteiger partial charge in [0.25, 0.3) is 5.56 Å². The first-order valence-corrected chi connectivity index (χ1v) is 11.5. The molecule has 176 valence electrons. The van der Waals surface area contributed by atoms with Crippen LogP contribution in [0.3, 0.4) is 0 Å². The van der Waals surface area contributed by atoms with E-state index in [1.54, 1.807) is 19.9 Å². The van der Waals surface area contributed by atoms with Gasteiger partial charge in [-0.25, -0.2) is 4.68 Å². The van der Waals surface area contributed by atoms with Crippen molar-refractivity contribution in [3.8, 4) is 22.8 Å². The first-order chi connectivity index (χ1) is 16.4. The van der Waals surface area contributed by atoms with Crippen molar-refractivity contribution in [2.75, 3.05) is 33.0 Å². The van der Waals surface area contributed by atoms with E-state index in [1.807, 2.05) is 41.3 Å². The maximum Gasteiger partial charge on any atom is 0.267 e. The van der Waals surface area contributed by atoms with Gasteiger partial charge in [0.15, 0.2) is 11.5 Å². The van der Waals surface area contributed by atoms with Gasteiger partial charge in [-0.2, -0.15) is 5.10 Å². The van der Waals surface area contributed by atoms with Gasteiger partial charge in [0.05, 0.1) is 5.69 Å². The SMILES string of the molecule is CC(C)(C(=O)N1CCN(Cc2ccccc2)CC1)n1nc(-c2ccc3c(c2)OCO3)ccc1=O. The molecule has 1 saturated heterocycles. The Morgan fingerprint density at radius 3 is 2.44 bits per heavy atom. The van der Waals surface area contributed by atoms with Crippen molar-refractivity contribution in [2.24, 2.45) is 0 Å². The highest BCUT2D eigenvalue weighted by molar-refractivity contribution is 5.83. The molecule has 0 aliphatic carbocycles. The summed E-state index contributed by atoms with van der Waals surface area (Å²) in [4.78, 5) is 30.4. The number of amides is 1. The Hall–Kier alpha value is -3.65. The van der Waals surface area contributed by atoms with Crippen LogP contribution in [0.2, 0.25) is 0 Å². The van der Waals surface area contributed by atoms with Crippen LogP contribution in [0.25, 0.3) is 11.3 Å². The van der Waals surface area contributed by atoms with Gasteiger partial charge >= 0.3 is 0 Å². The molecule has 0 atom stereocenters. The van der Waals surface area contributed by atoms with Gasteiger partial charge in [0.1, 0.15) is 5.54 Å². The summed E-state index contributed by atoms with van der Waals surface area (Å²) in [6.45, 7) is 7.37. The lowest BCUT2D eigenvalue weighted by molar-refractivity contribution is -0.141. The lowest BCUT2D eigenvalue weighted by Gasteiger charge is -2.38. The third-order valence-corrected chi connectivity index (χ3v) is 6.43. The van der Waals surface area contributed by atoms with Crippen LogP contribution in [0.15, 0.2) is 65.5 Å². The smallest absolute Gasteiger partial charge is 0.267 e.